The van der Waals surface area contributed by atoms with Crippen molar-refractivity contribution in [2.75, 3.05) is 16.2 Å². The van der Waals surface area contributed by atoms with Crippen molar-refractivity contribution in [1.82, 2.24) is 9.88 Å². The van der Waals surface area contributed by atoms with Crippen LogP contribution in [0.25, 0.3) is 0 Å². The van der Waals surface area contributed by atoms with Gasteiger partial charge in [0.05, 0.1) is 11.2 Å². The predicted molar refractivity (Wildman–Crippen MR) is 154 cm³/mol. The molecular weight excluding hydrogens is 589 g/mol. The van der Waals surface area contributed by atoms with Gasteiger partial charge in [-0.25, -0.2) is 31.4 Å². The van der Waals surface area contributed by atoms with Gasteiger partial charge in [0.2, 0.25) is 0 Å². The predicted octanol–water partition coefficient (Wildman–Crippen LogP) is 6.68. The third-order valence-corrected chi connectivity index (χ3v) is 9.82. The molecule has 2 fully saturated rings. The molecule has 2 aromatic carbocycles. The van der Waals surface area contributed by atoms with Crippen molar-refractivity contribution in [3.63, 3.8) is 0 Å². The summed E-state index contributed by atoms with van der Waals surface area (Å²) in [4.78, 5) is 18.0. The number of carbonyl (C=O) groups excluding carboxylic acids is 1. The van der Waals surface area contributed by atoms with Crippen molar-refractivity contribution in [2.45, 2.75) is 76.1 Å². The van der Waals surface area contributed by atoms with E-state index in [1.807, 2.05) is 6.07 Å². The van der Waals surface area contributed by atoms with Crippen LogP contribution in [0.5, 0.6) is 0 Å². The molecule has 3 aromatic rings. The summed E-state index contributed by atoms with van der Waals surface area (Å²) in [5, 5.41) is 4.00. The number of halogens is 3. The highest BCUT2D eigenvalue weighted by Gasteiger charge is 2.39. The smallest absolute Gasteiger partial charge is 0.430 e. The number of amides is 1. The van der Waals surface area contributed by atoms with E-state index in [0.29, 0.717) is 24.1 Å². The van der Waals surface area contributed by atoms with E-state index >= 15 is 8.78 Å². The molecule has 2 bridgehead atoms. The summed E-state index contributed by atoms with van der Waals surface area (Å²) in [5.41, 5.74) is 0.952. The summed E-state index contributed by atoms with van der Waals surface area (Å²) in [5.74, 6) is -3.30. The Hall–Kier alpha value is -3.16. The molecule has 2 heterocycles. The van der Waals surface area contributed by atoms with Gasteiger partial charge < -0.3 is 10.1 Å². The number of fused-ring (bicyclic) bond motifs is 2. The number of benzene rings is 2. The maximum absolute atomic E-state index is 15.4. The number of nitrogens with one attached hydrogen (secondary N) is 1. The van der Waals surface area contributed by atoms with Crippen LogP contribution in [0.1, 0.15) is 57.6 Å². The van der Waals surface area contributed by atoms with Gasteiger partial charge in [0, 0.05) is 36.6 Å². The van der Waals surface area contributed by atoms with Crippen LogP contribution in [0.4, 0.5) is 29.5 Å². The number of sulfonamides is 1. The lowest BCUT2D eigenvalue weighted by molar-refractivity contribution is 0.0608. The van der Waals surface area contributed by atoms with Crippen LogP contribution in [0.2, 0.25) is 0 Å². The van der Waals surface area contributed by atoms with E-state index in [-0.39, 0.29) is 22.4 Å². The molecule has 2 aliphatic rings. The molecule has 13 heteroatoms. The number of hydrogen-bond acceptors (Lipinski definition) is 8. The standard InChI is InChI=1S/C29H33F3N4O4S2/c1-29(2,3)40-28(37)36(25-16-41-17-34-25)42(38,39)24-11-10-23(26(31)27(24)32)33-13-21-19(7-5-9-22(21)30)15-35-14-18-6-4-8-20(35)12-18/h5,7,9-11,16-18,20,33H,4,6,8,12-15H2,1-3H3. The summed E-state index contributed by atoms with van der Waals surface area (Å²) in [6.07, 6.45) is 3.35. The number of ether oxygens (including phenoxy) is 1. The highest BCUT2D eigenvalue weighted by molar-refractivity contribution is 7.93. The molecule has 0 radical (unpaired) electrons. The van der Waals surface area contributed by atoms with Crippen LogP contribution in [0.3, 0.4) is 0 Å². The monoisotopic (exact) mass is 622 g/mol. The quantitative estimate of drug-likeness (QED) is 0.300. The van der Waals surface area contributed by atoms with E-state index in [1.165, 1.54) is 50.6 Å². The molecule has 2 unspecified atom stereocenters. The maximum Gasteiger partial charge on any atom is 0.430 e. The van der Waals surface area contributed by atoms with E-state index in [0.717, 1.165) is 48.4 Å². The van der Waals surface area contributed by atoms with Crippen LogP contribution in [0.15, 0.2) is 46.1 Å². The van der Waals surface area contributed by atoms with Gasteiger partial charge in [-0.05, 0) is 69.7 Å². The molecule has 42 heavy (non-hydrogen) atoms. The molecule has 1 amide bonds. The zero-order chi connectivity index (χ0) is 30.2. The lowest BCUT2D eigenvalue weighted by atomic mass is 9.90. The van der Waals surface area contributed by atoms with Crippen molar-refractivity contribution in [3.05, 3.63) is 69.8 Å². The van der Waals surface area contributed by atoms with Gasteiger partial charge in [0.1, 0.15) is 16.3 Å². The van der Waals surface area contributed by atoms with Gasteiger partial charge in [-0.1, -0.05) is 18.6 Å². The molecular formula is C29H33F3N4O4S2. The molecule has 1 N–H and O–H groups in total. The average molecular weight is 623 g/mol. The van der Waals surface area contributed by atoms with Crippen molar-refractivity contribution >= 4 is 39.0 Å². The van der Waals surface area contributed by atoms with Gasteiger partial charge in [0.25, 0.3) is 10.0 Å². The number of likely N-dealkylation sites (tertiary alicyclic amines) is 1. The summed E-state index contributed by atoms with van der Waals surface area (Å²) in [7, 11) is -4.97. The first-order valence-corrected chi connectivity index (χ1v) is 16.1. The minimum absolute atomic E-state index is 0.144. The lowest BCUT2D eigenvalue weighted by Gasteiger charge is -2.26. The summed E-state index contributed by atoms with van der Waals surface area (Å²) < 4.78 is 78.0. The molecule has 1 aliphatic carbocycles. The molecule has 1 saturated carbocycles. The largest absolute Gasteiger partial charge is 0.443 e. The molecule has 1 saturated heterocycles. The second-order valence-electron chi connectivity index (χ2n) is 11.7. The van der Waals surface area contributed by atoms with Crippen LogP contribution in [0, 0.1) is 23.4 Å². The van der Waals surface area contributed by atoms with Gasteiger partial charge in [-0.15, -0.1) is 15.6 Å². The minimum Gasteiger partial charge on any atom is -0.443 e. The molecule has 1 aromatic heterocycles. The van der Waals surface area contributed by atoms with Crippen molar-refractivity contribution in [1.29, 1.82) is 0 Å². The molecule has 226 valence electrons. The van der Waals surface area contributed by atoms with E-state index in [1.54, 1.807) is 6.07 Å². The number of thiazole rings is 1. The second kappa shape index (κ2) is 11.8. The van der Waals surface area contributed by atoms with Crippen LogP contribution < -0.4 is 9.62 Å². The van der Waals surface area contributed by atoms with Gasteiger partial charge in [0.15, 0.2) is 17.5 Å². The van der Waals surface area contributed by atoms with E-state index in [2.05, 4.69) is 15.2 Å². The zero-order valence-electron chi connectivity index (χ0n) is 23.6. The first-order valence-electron chi connectivity index (χ1n) is 13.7. The maximum atomic E-state index is 15.4. The normalized spacial score (nSPS) is 19.1. The third kappa shape index (κ3) is 6.28. The van der Waals surface area contributed by atoms with Crippen LogP contribution >= 0.6 is 11.3 Å². The SMILES string of the molecule is CC(C)(C)OC(=O)N(c1cscn1)S(=O)(=O)c1ccc(NCc2c(F)cccc2CN2CC3CCCC2C3)c(F)c1F. The molecule has 0 spiro atoms. The Kier molecular flexibility index (Phi) is 8.55. The van der Waals surface area contributed by atoms with Crippen LogP contribution in [-0.2, 0) is 27.8 Å². The first-order chi connectivity index (χ1) is 19.8. The van der Waals surface area contributed by atoms with Crippen molar-refractivity contribution in [2.24, 2.45) is 5.92 Å². The summed E-state index contributed by atoms with van der Waals surface area (Å²) in [6.45, 7) is 5.99. The fourth-order valence-electron chi connectivity index (χ4n) is 5.68. The number of carbonyl (C=O) groups is 1. The number of aromatic nitrogens is 1. The Morgan fingerprint density at radius 2 is 1.95 bits per heavy atom. The Labute approximate surface area is 247 Å². The molecule has 5 rings (SSSR count). The van der Waals surface area contributed by atoms with E-state index in [9.17, 15) is 17.6 Å². The third-order valence-electron chi connectivity index (χ3n) is 7.56. The van der Waals surface area contributed by atoms with Gasteiger partial charge >= 0.3 is 6.09 Å². The number of nitrogens with zero attached hydrogens (tertiary/aromatic N) is 3. The second-order valence-corrected chi connectivity index (χ2v) is 14.2. The topological polar surface area (TPSA) is 91.8 Å². The van der Waals surface area contributed by atoms with Crippen LogP contribution in [-0.4, -0.2) is 42.6 Å². The fraction of sp³-hybridized carbons (Fsp3) is 0.448. The minimum atomic E-state index is -4.97. The Balaban J connectivity index is 1.38. The molecule has 2 atom stereocenters. The molecule has 1 aliphatic heterocycles. The summed E-state index contributed by atoms with van der Waals surface area (Å²) >= 11 is 1.01. The highest BCUT2D eigenvalue weighted by atomic mass is 32.2. The van der Waals surface area contributed by atoms with Gasteiger partial charge in [-0.2, -0.15) is 0 Å². The fourth-order valence-corrected chi connectivity index (χ4v) is 7.59. The van der Waals surface area contributed by atoms with E-state index < -0.39 is 44.1 Å². The van der Waals surface area contributed by atoms with Crippen molar-refractivity contribution in [3.8, 4) is 0 Å². The summed E-state index contributed by atoms with van der Waals surface area (Å²) in [6, 6.07) is 7.15. The Morgan fingerprint density at radius 3 is 2.64 bits per heavy atom. The Bertz CT molecular complexity index is 1560. The lowest BCUT2D eigenvalue weighted by Crippen LogP contribution is -2.41. The number of anilines is 2. The Morgan fingerprint density at radius 1 is 1.17 bits per heavy atom. The van der Waals surface area contributed by atoms with Gasteiger partial charge in [-0.3, -0.25) is 4.90 Å². The average Bonchev–Trinajstić information content (AvgIpc) is 3.52. The number of hydrogen-bond donors (Lipinski definition) is 1. The van der Waals surface area contributed by atoms with Crippen molar-refractivity contribution < 1.29 is 31.1 Å². The zero-order valence-corrected chi connectivity index (χ0v) is 25.2. The van der Waals surface area contributed by atoms with E-state index in [4.69, 9.17) is 4.74 Å². The molecule has 8 nitrogen and oxygen atoms in total. The number of rotatable bonds is 8. The first kappa shape index (κ1) is 30.3. The highest BCUT2D eigenvalue weighted by Crippen LogP contribution is 2.37.